The minimum absolute atomic E-state index is 0.120. The highest BCUT2D eigenvalue weighted by atomic mass is 16.4. The first-order chi connectivity index (χ1) is 11.1. The summed E-state index contributed by atoms with van der Waals surface area (Å²) in [6.07, 6.45) is 4.47. The summed E-state index contributed by atoms with van der Waals surface area (Å²) in [5, 5.41) is 12.8. The molecule has 2 N–H and O–H groups in total. The number of carboxylic acids is 1. The van der Waals surface area contributed by atoms with Crippen molar-refractivity contribution in [3.05, 3.63) is 64.8 Å². The molecule has 116 valence electrons. The zero-order chi connectivity index (χ0) is 16.2. The Labute approximate surface area is 131 Å². The fourth-order valence-corrected chi connectivity index (χ4v) is 2.25. The number of pyridine rings is 1. The molecular formula is C16H14N4O3. The molecule has 0 aliphatic rings. The molecular weight excluding hydrogens is 296 g/mol. The number of rotatable bonds is 5. The van der Waals surface area contributed by atoms with E-state index in [4.69, 9.17) is 5.11 Å². The highest BCUT2D eigenvalue weighted by Gasteiger charge is 2.07. The molecule has 0 aliphatic carbocycles. The van der Waals surface area contributed by atoms with Gasteiger partial charge in [0.25, 0.3) is 5.56 Å². The molecule has 0 aliphatic heterocycles. The van der Waals surface area contributed by atoms with E-state index in [-0.39, 0.29) is 5.82 Å². The summed E-state index contributed by atoms with van der Waals surface area (Å²) >= 11 is 0. The zero-order valence-corrected chi connectivity index (χ0v) is 12.1. The third-order valence-electron chi connectivity index (χ3n) is 3.35. The number of carboxylic acid groups (broad SMARTS) is 1. The second-order valence-corrected chi connectivity index (χ2v) is 4.99. The summed E-state index contributed by atoms with van der Waals surface area (Å²) in [6, 6.07) is 9.68. The number of aromatic nitrogens is 3. The topological polar surface area (TPSA) is 97.1 Å². The van der Waals surface area contributed by atoms with Crippen LogP contribution in [0.2, 0.25) is 0 Å². The number of fused-ring (bicyclic) bond motifs is 1. The van der Waals surface area contributed by atoms with E-state index >= 15 is 0 Å². The molecule has 2 aromatic heterocycles. The van der Waals surface area contributed by atoms with E-state index in [1.165, 1.54) is 12.4 Å². The van der Waals surface area contributed by atoms with Crippen molar-refractivity contribution in [1.29, 1.82) is 0 Å². The second-order valence-electron chi connectivity index (χ2n) is 4.99. The number of hydrogen-bond acceptors (Lipinski definition) is 5. The van der Waals surface area contributed by atoms with E-state index < -0.39 is 18.1 Å². The van der Waals surface area contributed by atoms with Crippen LogP contribution in [0.1, 0.15) is 5.56 Å². The van der Waals surface area contributed by atoms with Gasteiger partial charge in [-0.1, -0.05) is 18.2 Å². The number of anilines is 1. The molecule has 7 nitrogen and oxygen atoms in total. The van der Waals surface area contributed by atoms with Crippen molar-refractivity contribution in [2.75, 3.05) is 5.32 Å². The zero-order valence-electron chi connectivity index (χ0n) is 12.1. The second kappa shape index (κ2) is 6.27. The van der Waals surface area contributed by atoms with Crippen molar-refractivity contribution in [2.45, 2.75) is 13.1 Å². The molecule has 7 heteroatoms. The molecule has 0 amide bonds. The molecule has 0 spiro atoms. The third kappa shape index (κ3) is 3.34. The Bertz CT molecular complexity index is 920. The Balaban J connectivity index is 1.79. The maximum absolute atomic E-state index is 12.1. The van der Waals surface area contributed by atoms with Gasteiger partial charge in [0.2, 0.25) is 0 Å². The van der Waals surface area contributed by atoms with E-state index in [9.17, 15) is 9.59 Å². The van der Waals surface area contributed by atoms with Gasteiger partial charge < -0.3 is 10.4 Å². The van der Waals surface area contributed by atoms with Crippen molar-refractivity contribution in [3.8, 4) is 0 Å². The van der Waals surface area contributed by atoms with Gasteiger partial charge in [-0.25, -0.2) is 4.98 Å². The van der Waals surface area contributed by atoms with Gasteiger partial charge >= 0.3 is 5.97 Å². The molecule has 0 radical (unpaired) electrons. The quantitative estimate of drug-likeness (QED) is 0.741. The summed E-state index contributed by atoms with van der Waals surface area (Å²) in [4.78, 5) is 31.1. The SMILES string of the molecule is O=C(O)Cn1ccnc(NCc2ccc3cccnc3c2)c1=O. The van der Waals surface area contributed by atoms with Gasteiger partial charge in [0.05, 0.1) is 5.52 Å². The largest absolute Gasteiger partial charge is 0.480 e. The Morgan fingerprint density at radius 1 is 1.22 bits per heavy atom. The lowest BCUT2D eigenvalue weighted by Gasteiger charge is -2.08. The molecule has 3 rings (SSSR count). The lowest BCUT2D eigenvalue weighted by atomic mass is 10.1. The maximum Gasteiger partial charge on any atom is 0.323 e. The van der Waals surface area contributed by atoms with Crippen LogP contribution in [-0.2, 0) is 17.9 Å². The molecule has 0 fully saturated rings. The van der Waals surface area contributed by atoms with E-state index in [0.29, 0.717) is 6.54 Å². The minimum atomic E-state index is -1.08. The van der Waals surface area contributed by atoms with E-state index in [0.717, 1.165) is 21.0 Å². The summed E-state index contributed by atoms with van der Waals surface area (Å²) in [6.45, 7) is 0.00175. The molecule has 0 saturated carbocycles. The van der Waals surface area contributed by atoms with Gasteiger partial charge in [-0.05, 0) is 17.7 Å². The predicted octanol–water partition coefficient (Wildman–Crippen LogP) is 1.49. The van der Waals surface area contributed by atoms with Crippen LogP contribution in [0.4, 0.5) is 5.82 Å². The number of nitrogens with one attached hydrogen (secondary N) is 1. The normalized spacial score (nSPS) is 10.6. The van der Waals surface area contributed by atoms with Crippen molar-refractivity contribution in [2.24, 2.45) is 0 Å². The summed E-state index contributed by atoms with van der Waals surface area (Å²) < 4.78 is 1.10. The van der Waals surface area contributed by atoms with Crippen LogP contribution in [0, 0.1) is 0 Å². The summed E-state index contributed by atoms with van der Waals surface area (Å²) in [5.74, 6) is -0.959. The fourth-order valence-electron chi connectivity index (χ4n) is 2.25. The standard InChI is InChI=1S/C16H14N4O3/c21-14(22)10-20-7-6-18-15(16(20)23)19-9-11-3-4-12-2-1-5-17-13(12)8-11/h1-8H,9-10H2,(H,18,19)(H,21,22). The highest BCUT2D eigenvalue weighted by Crippen LogP contribution is 2.13. The first-order valence-electron chi connectivity index (χ1n) is 6.98. The maximum atomic E-state index is 12.1. The molecule has 23 heavy (non-hydrogen) atoms. The number of nitrogens with zero attached hydrogens (tertiary/aromatic N) is 3. The number of carbonyl (C=O) groups is 1. The minimum Gasteiger partial charge on any atom is -0.480 e. The molecule has 0 unspecified atom stereocenters. The van der Waals surface area contributed by atoms with E-state index in [1.54, 1.807) is 6.20 Å². The molecule has 0 bridgehead atoms. The first-order valence-corrected chi connectivity index (χ1v) is 6.98. The Kier molecular flexibility index (Phi) is 4.01. The van der Waals surface area contributed by atoms with Crippen LogP contribution in [0.25, 0.3) is 10.9 Å². The summed E-state index contributed by atoms with van der Waals surface area (Å²) in [5.41, 5.74) is 1.36. The highest BCUT2D eigenvalue weighted by molar-refractivity contribution is 5.78. The summed E-state index contributed by atoms with van der Waals surface area (Å²) in [7, 11) is 0. The van der Waals surface area contributed by atoms with Crippen molar-refractivity contribution in [1.82, 2.24) is 14.5 Å². The molecule has 2 heterocycles. The van der Waals surface area contributed by atoms with Crippen LogP contribution >= 0.6 is 0 Å². The monoisotopic (exact) mass is 310 g/mol. The van der Waals surface area contributed by atoms with Crippen LogP contribution in [0.5, 0.6) is 0 Å². The van der Waals surface area contributed by atoms with Crippen LogP contribution in [0.15, 0.2) is 53.7 Å². The molecule has 3 aromatic rings. The molecule has 1 aromatic carbocycles. The van der Waals surface area contributed by atoms with Crippen molar-refractivity contribution < 1.29 is 9.90 Å². The number of hydrogen-bond donors (Lipinski definition) is 2. The van der Waals surface area contributed by atoms with Gasteiger partial charge in [0, 0.05) is 30.5 Å². The average molecular weight is 310 g/mol. The Hall–Kier alpha value is -3.22. The van der Waals surface area contributed by atoms with Gasteiger partial charge in [0.1, 0.15) is 6.54 Å². The number of aliphatic carboxylic acids is 1. The Morgan fingerprint density at radius 3 is 2.91 bits per heavy atom. The van der Waals surface area contributed by atoms with Gasteiger partial charge in [-0.3, -0.25) is 19.1 Å². The Morgan fingerprint density at radius 2 is 2.09 bits per heavy atom. The first kappa shape index (κ1) is 14.7. The van der Waals surface area contributed by atoms with E-state index in [1.807, 2.05) is 30.3 Å². The van der Waals surface area contributed by atoms with Gasteiger partial charge in [-0.15, -0.1) is 0 Å². The third-order valence-corrected chi connectivity index (χ3v) is 3.35. The predicted molar refractivity (Wildman–Crippen MR) is 85.2 cm³/mol. The lowest BCUT2D eigenvalue weighted by molar-refractivity contribution is -0.137. The van der Waals surface area contributed by atoms with Crippen LogP contribution in [-0.4, -0.2) is 25.6 Å². The van der Waals surface area contributed by atoms with Gasteiger partial charge in [0.15, 0.2) is 5.82 Å². The lowest BCUT2D eigenvalue weighted by Crippen LogP contribution is -2.27. The fraction of sp³-hybridized carbons (Fsp3) is 0.125. The molecule has 0 atom stereocenters. The van der Waals surface area contributed by atoms with Crippen molar-refractivity contribution >= 4 is 22.7 Å². The van der Waals surface area contributed by atoms with Crippen molar-refractivity contribution in [3.63, 3.8) is 0 Å². The average Bonchev–Trinajstić information content (AvgIpc) is 2.55. The number of benzene rings is 1. The molecule has 0 saturated heterocycles. The van der Waals surface area contributed by atoms with Crippen LogP contribution < -0.4 is 10.9 Å². The van der Waals surface area contributed by atoms with Gasteiger partial charge in [-0.2, -0.15) is 0 Å². The van der Waals surface area contributed by atoms with E-state index in [2.05, 4.69) is 15.3 Å². The van der Waals surface area contributed by atoms with Crippen LogP contribution in [0.3, 0.4) is 0 Å². The smallest absolute Gasteiger partial charge is 0.323 e.